The van der Waals surface area contributed by atoms with E-state index in [2.05, 4.69) is 51.9 Å². The second-order valence-electron chi connectivity index (χ2n) is 7.11. The highest BCUT2D eigenvalue weighted by Crippen LogP contribution is 2.29. The number of nitrogens with zero attached hydrogens (tertiary/aromatic N) is 2. The normalized spacial score (nSPS) is 10.9. The number of carbonyl (C=O) groups excluding carboxylic acids is 1. The minimum Gasteiger partial charge on any atom is -0.300 e. The maximum Gasteiger partial charge on any atom is 0.227 e. The number of nitrogens with one attached hydrogen (secondary N) is 1. The molecule has 0 aliphatic carbocycles. The first kappa shape index (κ1) is 21.3. The predicted octanol–water partition coefficient (Wildman–Crippen LogP) is 6.13. The highest BCUT2D eigenvalue weighted by molar-refractivity contribution is 7.97. The molecular formula is C25H23N3OS2. The van der Waals surface area contributed by atoms with Gasteiger partial charge in [-0.3, -0.25) is 4.79 Å². The summed E-state index contributed by atoms with van der Waals surface area (Å²) in [5, 5.41) is 12.8. The third kappa shape index (κ3) is 6.26. The molecule has 1 amide bonds. The van der Waals surface area contributed by atoms with E-state index in [0.717, 1.165) is 27.6 Å². The van der Waals surface area contributed by atoms with Gasteiger partial charge >= 0.3 is 0 Å². The summed E-state index contributed by atoms with van der Waals surface area (Å²) in [6.07, 6.45) is 0.353. The quantitative estimate of drug-likeness (QED) is 0.337. The lowest BCUT2D eigenvalue weighted by atomic mass is 9.88. The molecule has 1 heterocycles. The van der Waals surface area contributed by atoms with Gasteiger partial charge in [-0.1, -0.05) is 102 Å². The summed E-state index contributed by atoms with van der Waals surface area (Å²) in [5.74, 6) is 1.64. The number of amides is 1. The maximum atomic E-state index is 12.8. The molecule has 0 spiro atoms. The van der Waals surface area contributed by atoms with E-state index in [1.165, 1.54) is 16.9 Å². The van der Waals surface area contributed by atoms with Crippen LogP contribution in [0.25, 0.3) is 0 Å². The van der Waals surface area contributed by atoms with E-state index >= 15 is 0 Å². The van der Waals surface area contributed by atoms with Crippen molar-refractivity contribution in [2.75, 3.05) is 5.32 Å². The van der Waals surface area contributed by atoms with Crippen molar-refractivity contribution in [3.63, 3.8) is 0 Å². The van der Waals surface area contributed by atoms with E-state index in [4.69, 9.17) is 0 Å². The fraction of sp³-hybridized carbons (Fsp3) is 0.160. The van der Waals surface area contributed by atoms with Crippen LogP contribution in [0.2, 0.25) is 0 Å². The molecule has 0 fully saturated rings. The molecule has 6 heteroatoms. The average molecular weight is 446 g/mol. The molecule has 0 saturated heterocycles. The largest absolute Gasteiger partial charge is 0.300 e. The number of thioether (sulfide) groups is 1. The van der Waals surface area contributed by atoms with Crippen molar-refractivity contribution >= 4 is 34.1 Å². The first-order valence-corrected chi connectivity index (χ1v) is 12.1. The number of aromatic nitrogens is 2. The third-order valence-corrected chi connectivity index (χ3v) is 6.88. The summed E-state index contributed by atoms with van der Waals surface area (Å²) in [7, 11) is 0. The van der Waals surface area contributed by atoms with Crippen LogP contribution in [0.15, 0.2) is 91.0 Å². The molecule has 4 aromatic rings. The van der Waals surface area contributed by atoms with Crippen molar-refractivity contribution in [1.29, 1.82) is 0 Å². The monoisotopic (exact) mass is 445 g/mol. The minimum atomic E-state index is -0.0580. The molecule has 0 bridgehead atoms. The van der Waals surface area contributed by atoms with E-state index in [9.17, 15) is 4.79 Å². The van der Waals surface area contributed by atoms with Gasteiger partial charge in [0.05, 0.1) is 0 Å². The molecule has 0 aliphatic rings. The number of carbonyl (C=O) groups is 1. The smallest absolute Gasteiger partial charge is 0.227 e. The van der Waals surface area contributed by atoms with Crippen LogP contribution in [0.3, 0.4) is 0 Å². The molecule has 0 unspecified atom stereocenters. The Kier molecular flexibility index (Phi) is 7.47. The molecular weight excluding hydrogens is 422 g/mol. The number of benzene rings is 3. The molecule has 4 rings (SSSR count). The van der Waals surface area contributed by atoms with Gasteiger partial charge in [-0.2, -0.15) is 0 Å². The van der Waals surface area contributed by atoms with Crippen molar-refractivity contribution in [2.24, 2.45) is 0 Å². The van der Waals surface area contributed by atoms with Gasteiger partial charge in [-0.15, -0.1) is 22.0 Å². The summed E-state index contributed by atoms with van der Waals surface area (Å²) in [6.45, 7) is 0. The average Bonchev–Trinajstić information content (AvgIpc) is 3.26. The van der Waals surface area contributed by atoms with Crippen LogP contribution in [-0.2, 0) is 16.3 Å². The van der Waals surface area contributed by atoms with Gasteiger partial charge in [-0.25, -0.2) is 0 Å². The number of rotatable bonds is 9. The lowest BCUT2D eigenvalue weighted by molar-refractivity contribution is -0.116. The van der Waals surface area contributed by atoms with E-state index < -0.39 is 0 Å². The molecule has 3 aromatic carbocycles. The zero-order chi connectivity index (χ0) is 21.3. The fourth-order valence-electron chi connectivity index (χ4n) is 3.35. The first-order chi connectivity index (χ1) is 15.3. The number of anilines is 1. The number of hydrogen-bond acceptors (Lipinski definition) is 5. The van der Waals surface area contributed by atoms with Crippen molar-refractivity contribution in [1.82, 2.24) is 10.2 Å². The second kappa shape index (κ2) is 10.9. The van der Waals surface area contributed by atoms with Gasteiger partial charge in [0.25, 0.3) is 0 Å². The van der Waals surface area contributed by atoms with E-state index in [0.29, 0.717) is 11.6 Å². The highest BCUT2D eigenvalue weighted by Gasteiger charge is 2.19. The molecule has 0 atom stereocenters. The van der Waals surface area contributed by atoms with Gasteiger partial charge in [0.15, 0.2) is 0 Å². The molecule has 0 saturated carbocycles. The predicted molar refractivity (Wildman–Crippen MR) is 129 cm³/mol. The lowest BCUT2D eigenvalue weighted by Gasteiger charge is -2.17. The Morgan fingerprint density at radius 1 is 0.806 bits per heavy atom. The van der Waals surface area contributed by atoms with Crippen molar-refractivity contribution in [3.05, 3.63) is 113 Å². The Labute approximate surface area is 190 Å². The topological polar surface area (TPSA) is 54.9 Å². The summed E-state index contributed by atoms with van der Waals surface area (Å²) in [5.41, 5.74) is 3.54. The summed E-state index contributed by atoms with van der Waals surface area (Å²) < 4.78 is 0. The lowest BCUT2D eigenvalue weighted by Crippen LogP contribution is -2.16. The molecule has 0 aliphatic heterocycles. The fourth-order valence-corrected chi connectivity index (χ4v) is 5.15. The highest BCUT2D eigenvalue weighted by atomic mass is 32.2. The molecule has 1 N–H and O–H groups in total. The van der Waals surface area contributed by atoms with Crippen LogP contribution >= 0.6 is 23.1 Å². The molecule has 156 valence electrons. The zero-order valence-corrected chi connectivity index (χ0v) is 18.6. The first-order valence-electron chi connectivity index (χ1n) is 10.1. The minimum absolute atomic E-state index is 0.00350. The molecule has 4 nitrogen and oxygen atoms in total. The van der Waals surface area contributed by atoms with Crippen LogP contribution in [0.1, 0.15) is 34.0 Å². The SMILES string of the molecule is O=C(CC(c1ccccc1)c1ccccc1)Nc1nnc(CSCc2ccccc2)s1. The number of hydrogen-bond donors (Lipinski definition) is 1. The third-order valence-electron chi connectivity index (χ3n) is 4.84. The van der Waals surface area contributed by atoms with Crippen LogP contribution in [-0.4, -0.2) is 16.1 Å². The van der Waals surface area contributed by atoms with Gasteiger partial charge < -0.3 is 5.32 Å². The van der Waals surface area contributed by atoms with Crippen LogP contribution in [0.4, 0.5) is 5.13 Å². The Hall–Kier alpha value is -2.96. The Balaban J connectivity index is 1.35. The molecule has 1 aromatic heterocycles. The van der Waals surface area contributed by atoms with Crippen LogP contribution in [0, 0.1) is 0 Å². The summed E-state index contributed by atoms with van der Waals surface area (Å²) in [6, 6.07) is 30.6. The Morgan fingerprint density at radius 2 is 1.39 bits per heavy atom. The van der Waals surface area contributed by atoms with Gasteiger partial charge in [0.2, 0.25) is 11.0 Å². The maximum absolute atomic E-state index is 12.8. The zero-order valence-electron chi connectivity index (χ0n) is 17.0. The Bertz CT molecular complexity index is 1050. The van der Waals surface area contributed by atoms with Crippen molar-refractivity contribution < 1.29 is 4.79 Å². The van der Waals surface area contributed by atoms with Gasteiger partial charge in [-0.05, 0) is 16.7 Å². The standard InChI is InChI=1S/C25H23N3OS2/c29-23(16-22(20-12-6-2-7-13-20)21-14-8-3-9-15-21)26-25-28-27-24(31-25)18-30-17-19-10-4-1-5-11-19/h1-15,22H,16-18H2,(H,26,28,29). The van der Waals surface area contributed by atoms with Gasteiger partial charge in [0.1, 0.15) is 5.01 Å². The van der Waals surface area contributed by atoms with E-state index in [1.807, 2.05) is 54.6 Å². The van der Waals surface area contributed by atoms with E-state index in [1.54, 1.807) is 11.8 Å². The van der Waals surface area contributed by atoms with Crippen LogP contribution < -0.4 is 5.32 Å². The van der Waals surface area contributed by atoms with Crippen molar-refractivity contribution in [2.45, 2.75) is 23.8 Å². The Morgan fingerprint density at radius 3 is 2.00 bits per heavy atom. The summed E-state index contributed by atoms with van der Waals surface area (Å²) >= 11 is 3.23. The molecule has 31 heavy (non-hydrogen) atoms. The summed E-state index contributed by atoms with van der Waals surface area (Å²) in [4.78, 5) is 12.8. The van der Waals surface area contributed by atoms with Crippen molar-refractivity contribution in [3.8, 4) is 0 Å². The van der Waals surface area contributed by atoms with E-state index in [-0.39, 0.29) is 11.8 Å². The molecule has 0 radical (unpaired) electrons. The van der Waals surface area contributed by atoms with Crippen LogP contribution in [0.5, 0.6) is 0 Å². The van der Waals surface area contributed by atoms with Gasteiger partial charge in [0, 0.05) is 23.8 Å². The second-order valence-corrected chi connectivity index (χ2v) is 9.15.